The van der Waals surface area contributed by atoms with E-state index in [-0.39, 0.29) is 42.0 Å². The van der Waals surface area contributed by atoms with Gasteiger partial charge in [0.15, 0.2) is 5.78 Å². The number of hydrogen-bond acceptors (Lipinski definition) is 3. The normalized spacial score (nSPS) is 23.3. The van der Waals surface area contributed by atoms with Gasteiger partial charge in [0.1, 0.15) is 6.61 Å². The van der Waals surface area contributed by atoms with E-state index in [9.17, 15) is 18.4 Å². The first-order valence-corrected chi connectivity index (χ1v) is 9.94. The summed E-state index contributed by atoms with van der Waals surface area (Å²) in [5, 5.41) is 0. The van der Waals surface area contributed by atoms with Crippen molar-refractivity contribution in [2.24, 2.45) is 5.92 Å². The van der Waals surface area contributed by atoms with Crippen LogP contribution in [0.1, 0.15) is 53.6 Å². The van der Waals surface area contributed by atoms with E-state index in [1.165, 1.54) is 18.2 Å². The van der Waals surface area contributed by atoms with Gasteiger partial charge in [0.2, 0.25) is 0 Å². The van der Waals surface area contributed by atoms with Crippen molar-refractivity contribution in [3.05, 3.63) is 71.3 Å². The fourth-order valence-electron chi connectivity index (χ4n) is 4.55. The molecule has 2 unspecified atom stereocenters. The number of benzene rings is 2. The molecule has 1 amide bonds. The molecule has 0 aliphatic carbocycles. The summed E-state index contributed by atoms with van der Waals surface area (Å²) in [6.45, 7) is 0.221. The van der Waals surface area contributed by atoms with Crippen molar-refractivity contribution in [3.63, 3.8) is 0 Å². The summed E-state index contributed by atoms with van der Waals surface area (Å²) in [4.78, 5) is 27.3. The van der Waals surface area contributed by atoms with Crippen LogP contribution in [0.25, 0.3) is 0 Å². The molecular formula is C23H23F2NO3. The number of fused-ring (bicyclic) bond motifs is 2. The fraction of sp³-hybridized carbons (Fsp3) is 0.391. The molecule has 152 valence electrons. The minimum Gasteiger partial charge on any atom is -0.445 e. The van der Waals surface area contributed by atoms with Crippen molar-refractivity contribution in [3.8, 4) is 0 Å². The lowest BCUT2D eigenvalue weighted by molar-refractivity contribution is 0.0485. The first-order valence-electron chi connectivity index (χ1n) is 9.94. The Balaban J connectivity index is 1.40. The molecule has 2 aromatic rings. The summed E-state index contributed by atoms with van der Waals surface area (Å²) in [5.41, 5.74) is 1.12. The molecule has 2 fully saturated rings. The predicted octanol–water partition coefficient (Wildman–Crippen LogP) is 5.39. The van der Waals surface area contributed by atoms with Gasteiger partial charge in [-0.3, -0.25) is 4.79 Å². The van der Waals surface area contributed by atoms with Crippen molar-refractivity contribution in [2.75, 3.05) is 0 Å². The Hall–Kier alpha value is -2.76. The molecule has 29 heavy (non-hydrogen) atoms. The number of carbonyl (C=O) groups is 2. The molecule has 2 saturated heterocycles. The van der Waals surface area contributed by atoms with Crippen LogP contribution >= 0.6 is 0 Å². The lowest BCUT2D eigenvalue weighted by Crippen LogP contribution is -2.48. The molecular weight excluding hydrogens is 376 g/mol. The van der Waals surface area contributed by atoms with Crippen LogP contribution in [0.2, 0.25) is 0 Å². The van der Waals surface area contributed by atoms with Crippen molar-refractivity contribution >= 4 is 11.9 Å². The van der Waals surface area contributed by atoms with Crippen LogP contribution in [0.5, 0.6) is 0 Å². The smallest absolute Gasteiger partial charge is 0.410 e. The Morgan fingerprint density at radius 1 is 1.00 bits per heavy atom. The predicted molar refractivity (Wildman–Crippen MR) is 104 cm³/mol. The summed E-state index contributed by atoms with van der Waals surface area (Å²) in [5.74, 6) is -0.361. The zero-order valence-electron chi connectivity index (χ0n) is 16.0. The molecule has 2 aliphatic rings. The lowest BCUT2D eigenvalue weighted by atomic mass is 9.84. The summed E-state index contributed by atoms with van der Waals surface area (Å²) < 4.78 is 31.4. The highest BCUT2D eigenvalue weighted by atomic mass is 19.3. The van der Waals surface area contributed by atoms with Crippen molar-refractivity contribution in [2.45, 2.75) is 50.8 Å². The highest BCUT2D eigenvalue weighted by Gasteiger charge is 2.46. The second-order valence-electron chi connectivity index (χ2n) is 7.79. The quantitative estimate of drug-likeness (QED) is 0.634. The van der Waals surface area contributed by atoms with Gasteiger partial charge in [-0.05, 0) is 37.3 Å². The molecule has 2 aromatic carbocycles. The number of piperidine rings is 1. The molecule has 0 N–H and O–H groups in total. The number of rotatable bonds is 5. The monoisotopic (exact) mass is 399 g/mol. The second-order valence-corrected chi connectivity index (χ2v) is 7.79. The van der Waals surface area contributed by atoms with Gasteiger partial charge < -0.3 is 9.64 Å². The number of Topliss-reactive ketones (excluding diaryl/α,β-unsaturated/α-hetero) is 1. The Morgan fingerprint density at radius 3 is 2.34 bits per heavy atom. The second kappa shape index (κ2) is 8.31. The largest absolute Gasteiger partial charge is 0.445 e. The van der Waals surface area contributed by atoms with Crippen LogP contribution in [0.15, 0.2) is 54.6 Å². The summed E-state index contributed by atoms with van der Waals surface area (Å²) in [6.07, 6.45) is -0.159. The molecule has 2 heterocycles. The molecule has 0 aromatic heterocycles. The standard InChI is InChI=1S/C23H23F2NO3/c24-22(25)17-8-4-7-16(11-17)21(27)18-12-19-9-10-20(13-18)26(19)23(28)29-14-15-5-2-1-3-6-15/h1-8,11,18-20,22H,9-10,12-14H2. The fourth-order valence-corrected chi connectivity index (χ4v) is 4.55. The number of amides is 1. The number of nitrogens with zero attached hydrogens (tertiary/aromatic N) is 1. The molecule has 0 radical (unpaired) electrons. The van der Waals surface area contributed by atoms with Gasteiger partial charge in [0.25, 0.3) is 6.43 Å². The molecule has 6 heteroatoms. The molecule has 2 bridgehead atoms. The van der Waals surface area contributed by atoms with Crippen LogP contribution in [0.3, 0.4) is 0 Å². The number of halogens is 2. The maximum absolute atomic E-state index is 13.0. The lowest BCUT2D eigenvalue weighted by Gasteiger charge is -2.37. The van der Waals surface area contributed by atoms with E-state index >= 15 is 0 Å². The third-order valence-electron chi connectivity index (χ3n) is 5.94. The van der Waals surface area contributed by atoms with Crippen molar-refractivity contribution in [1.29, 1.82) is 0 Å². The van der Waals surface area contributed by atoms with Crippen LogP contribution in [-0.4, -0.2) is 28.9 Å². The molecule has 4 nitrogen and oxygen atoms in total. The van der Waals surface area contributed by atoms with Gasteiger partial charge in [-0.25, -0.2) is 13.6 Å². The highest BCUT2D eigenvalue weighted by Crippen LogP contribution is 2.40. The van der Waals surface area contributed by atoms with Crippen molar-refractivity contribution in [1.82, 2.24) is 4.90 Å². The minimum absolute atomic E-state index is 0.0377. The zero-order valence-corrected chi connectivity index (χ0v) is 16.0. The maximum Gasteiger partial charge on any atom is 0.410 e. The van der Waals surface area contributed by atoms with E-state index < -0.39 is 6.43 Å². The van der Waals surface area contributed by atoms with Gasteiger partial charge >= 0.3 is 6.09 Å². The molecule has 0 spiro atoms. The minimum atomic E-state index is -2.60. The van der Waals surface area contributed by atoms with E-state index in [1.54, 1.807) is 11.0 Å². The van der Waals surface area contributed by atoms with Gasteiger partial charge in [-0.15, -0.1) is 0 Å². The Labute approximate surface area is 168 Å². The van der Waals surface area contributed by atoms with E-state index in [0.29, 0.717) is 18.4 Å². The third-order valence-corrected chi connectivity index (χ3v) is 5.94. The zero-order chi connectivity index (χ0) is 20.4. The Morgan fingerprint density at radius 2 is 1.69 bits per heavy atom. The van der Waals surface area contributed by atoms with Crippen LogP contribution < -0.4 is 0 Å². The molecule has 0 saturated carbocycles. The number of ketones is 1. The van der Waals surface area contributed by atoms with Crippen molar-refractivity contribution < 1.29 is 23.1 Å². The number of ether oxygens (including phenoxy) is 1. The summed E-state index contributed by atoms with van der Waals surface area (Å²) >= 11 is 0. The van der Waals surface area contributed by atoms with Gasteiger partial charge in [-0.2, -0.15) is 0 Å². The van der Waals surface area contributed by atoms with Gasteiger partial charge in [0, 0.05) is 29.1 Å². The van der Waals surface area contributed by atoms with Crippen LogP contribution in [-0.2, 0) is 11.3 Å². The van der Waals surface area contributed by atoms with Gasteiger partial charge in [-0.1, -0.05) is 48.5 Å². The Kier molecular flexibility index (Phi) is 5.60. The first kappa shape index (κ1) is 19.6. The number of alkyl halides is 2. The highest BCUT2D eigenvalue weighted by molar-refractivity contribution is 5.98. The van der Waals surface area contributed by atoms with E-state index in [0.717, 1.165) is 18.4 Å². The molecule has 2 atom stereocenters. The van der Waals surface area contributed by atoms with E-state index in [1.807, 2.05) is 30.3 Å². The average molecular weight is 399 g/mol. The van der Waals surface area contributed by atoms with Crippen LogP contribution in [0.4, 0.5) is 13.6 Å². The van der Waals surface area contributed by atoms with Crippen LogP contribution in [0, 0.1) is 5.92 Å². The molecule has 4 rings (SSSR count). The Bertz CT molecular complexity index is 873. The maximum atomic E-state index is 13.0. The van der Waals surface area contributed by atoms with E-state index in [2.05, 4.69) is 0 Å². The summed E-state index contributed by atoms with van der Waals surface area (Å²) in [6, 6.07) is 15.1. The number of hydrogen-bond donors (Lipinski definition) is 0. The topological polar surface area (TPSA) is 46.6 Å². The number of carbonyl (C=O) groups excluding carboxylic acids is 2. The summed E-state index contributed by atoms with van der Waals surface area (Å²) in [7, 11) is 0. The third kappa shape index (κ3) is 4.16. The van der Waals surface area contributed by atoms with E-state index in [4.69, 9.17) is 4.74 Å². The first-order chi connectivity index (χ1) is 14.0. The average Bonchev–Trinajstić information content (AvgIpc) is 3.01. The van der Waals surface area contributed by atoms with Gasteiger partial charge in [0.05, 0.1) is 0 Å². The molecule has 2 aliphatic heterocycles. The SMILES string of the molecule is O=C(c1cccc(C(F)F)c1)C1CC2CCC(C1)N2C(=O)OCc1ccccc1.